The van der Waals surface area contributed by atoms with E-state index >= 15 is 0 Å². The molecule has 0 spiro atoms. The largest absolute Gasteiger partial charge is 0.392 e. The molecule has 6 heteroatoms. The summed E-state index contributed by atoms with van der Waals surface area (Å²) in [6, 6.07) is 0. The molecule has 1 saturated heterocycles. The zero-order valence-corrected chi connectivity index (χ0v) is 36.1. The van der Waals surface area contributed by atoms with Crippen molar-refractivity contribution in [3.05, 3.63) is 0 Å². The Morgan fingerprint density at radius 2 is 0.731 bits per heavy atom. The van der Waals surface area contributed by atoms with Crippen LogP contribution in [0, 0.1) is 0 Å². The molecule has 1 rings (SSSR count). The fourth-order valence-electron chi connectivity index (χ4n) is 8.08. The number of nitrogens with zero attached hydrogens (tertiary/aromatic N) is 4. The third kappa shape index (κ3) is 32.0. The summed E-state index contributed by atoms with van der Waals surface area (Å²) in [5, 5.41) is 21.6. The van der Waals surface area contributed by atoms with Crippen molar-refractivity contribution in [1.82, 2.24) is 19.6 Å². The van der Waals surface area contributed by atoms with Crippen LogP contribution in [-0.2, 0) is 0 Å². The van der Waals surface area contributed by atoms with Gasteiger partial charge in [0, 0.05) is 65.4 Å². The van der Waals surface area contributed by atoms with Crippen molar-refractivity contribution in [3.63, 3.8) is 0 Å². The average Bonchev–Trinajstić information content (AvgIpc) is 3.14. The Kier molecular flexibility index (Phi) is 36.1. The van der Waals surface area contributed by atoms with Crippen LogP contribution in [-0.4, -0.2) is 121 Å². The SMILES string of the molecule is CCCCCCCCCCCCCN(CCN1CCN(CCN(C)CC(O)CCCCCCCCCC)CC1)CC(O)CCCCCCCCCC. The molecule has 0 amide bonds. The Morgan fingerprint density at radius 1 is 0.404 bits per heavy atom. The Hall–Kier alpha value is -0.240. The fourth-order valence-corrected chi connectivity index (χ4v) is 8.08. The van der Waals surface area contributed by atoms with Crippen molar-refractivity contribution in [2.45, 2.75) is 219 Å². The minimum Gasteiger partial charge on any atom is -0.392 e. The van der Waals surface area contributed by atoms with Crippen LogP contribution in [0.2, 0.25) is 0 Å². The van der Waals surface area contributed by atoms with Gasteiger partial charge < -0.3 is 15.1 Å². The predicted molar refractivity (Wildman–Crippen MR) is 230 cm³/mol. The van der Waals surface area contributed by atoms with E-state index in [2.05, 4.69) is 47.4 Å². The smallest absolute Gasteiger partial charge is 0.0667 e. The lowest BCUT2D eigenvalue weighted by atomic mass is 10.0. The normalized spacial score (nSPS) is 15.7. The summed E-state index contributed by atoms with van der Waals surface area (Å²) in [5.74, 6) is 0. The molecular formula is C46H96N4O2. The number of aliphatic hydroxyl groups excluding tert-OH is 2. The maximum atomic E-state index is 11.0. The minimum atomic E-state index is -0.186. The molecule has 0 aromatic heterocycles. The van der Waals surface area contributed by atoms with Gasteiger partial charge in [-0.2, -0.15) is 0 Å². The number of hydrogen-bond donors (Lipinski definition) is 2. The third-order valence-electron chi connectivity index (χ3n) is 11.8. The monoisotopic (exact) mass is 737 g/mol. The first-order chi connectivity index (χ1) is 25.5. The number of likely N-dealkylation sites (N-methyl/N-ethyl adjacent to an activating group) is 1. The topological polar surface area (TPSA) is 53.4 Å². The van der Waals surface area contributed by atoms with Crippen LogP contribution in [0.4, 0.5) is 0 Å². The molecule has 0 aromatic carbocycles. The summed E-state index contributed by atoms with van der Waals surface area (Å²) in [6.45, 7) is 18.6. The number of hydrogen-bond acceptors (Lipinski definition) is 6. The van der Waals surface area contributed by atoms with Gasteiger partial charge in [0.15, 0.2) is 0 Å². The quantitative estimate of drug-likeness (QED) is 0.0611. The number of piperazine rings is 1. The highest BCUT2D eigenvalue weighted by Gasteiger charge is 2.19. The van der Waals surface area contributed by atoms with Crippen molar-refractivity contribution in [2.75, 3.05) is 79.0 Å². The molecule has 1 aliphatic heterocycles. The summed E-state index contributed by atoms with van der Waals surface area (Å²) < 4.78 is 0. The van der Waals surface area contributed by atoms with Gasteiger partial charge in [-0.15, -0.1) is 0 Å². The maximum Gasteiger partial charge on any atom is 0.0667 e. The van der Waals surface area contributed by atoms with Gasteiger partial charge >= 0.3 is 0 Å². The molecule has 2 unspecified atom stereocenters. The lowest BCUT2D eigenvalue weighted by molar-refractivity contribution is 0.0766. The Labute approximate surface area is 327 Å². The zero-order valence-electron chi connectivity index (χ0n) is 36.1. The van der Waals surface area contributed by atoms with E-state index in [9.17, 15) is 10.2 Å². The highest BCUT2D eigenvalue weighted by atomic mass is 16.3. The Morgan fingerprint density at radius 3 is 1.13 bits per heavy atom. The van der Waals surface area contributed by atoms with Gasteiger partial charge in [0.1, 0.15) is 0 Å². The molecule has 1 fully saturated rings. The van der Waals surface area contributed by atoms with Crippen LogP contribution in [0.3, 0.4) is 0 Å². The lowest BCUT2D eigenvalue weighted by Gasteiger charge is -2.36. The molecule has 0 aliphatic carbocycles. The van der Waals surface area contributed by atoms with E-state index in [-0.39, 0.29) is 12.2 Å². The molecule has 1 heterocycles. The molecule has 2 N–H and O–H groups in total. The van der Waals surface area contributed by atoms with Crippen molar-refractivity contribution < 1.29 is 10.2 Å². The van der Waals surface area contributed by atoms with Crippen molar-refractivity contribution in [3.8, 4) is 0 Å². The molecular weight excluding hydrogens is 641 g/mol. The lowest BCUT2D eigenvalue weighted by Crippen LogP contribution is -2.50. The van der Waals surface area contributed by atoms with Gasteiger partial charge in [0.2, 0.25) is 0 Å². The van der Waals surface area contributed by atoms with Gasteiger partial charge in [-0.25, -0.2) is 0 Å². The molecule has 0 aromatic rings. The standard InChI is InChI=1S/C46H96N4O2/c1-5-8-11-14-17-20-21-22-25-28-31-34-50(44-46(52)33-30-27-24-19-16-13-10-7-3)42-41-49-39-37-48(38-40-49)36-35-47(4)43-45(51)32-29-26-23-18-15-12-9-6-2/h45-46,51-52H,5-44H2,1-4H3. The number of rotatable bonds is 40. The summed E-state index contributed by atoms with van der Waals surface area (Å²) in [6.07, 6.45) is 38.1. The summed E-state index contributed by atoms with van der Waals surface area (Å²) in [5.41, 5.74) is 0. The molecule has 2 atom stereocenters. The Bertz CT molecular complexity index is 704. The summed E-state index contributed by atoms with van der Waals surface area (Å²) in [4.78, 5) is 10.2. The number of unbranched alkanes of at least 4 members (excludes halogenated alkanes) is 24. The second kappa shape index (κ2) is 37.7. The van der Waals surface area contributed by atoms with Crippen molar-refractivity contribution in [1.29, 1.82) is 0 Å². The first kappa shape index (κ1) is 49.8. The maximum absolute atomic E-state index is 11.0. The van der Waals surface area contributed by atoms with Crippen LogP contribution >= 0.6 is 0 Å². The van der Waals surface area contributed by atoms with Crippen LogP contribution in [0.15, 0.2) is 0 Å². The van der Waals surface area contributed by atoms with Crippen LogP contribution in [0.25, 0.3) is 0 Å². The summed E-state index contributed by atoms with van der Waals surface area (Å²) >= 11 is 0. The van der Waals surface area contributed by atoms with E-state index < -0.39 is 0 Å². The minimum absolute atomic E-state index is 0.180. The van der Waals surface area contributed by atoms with Gasteiger partial charge in [-0.05, 0) is 32.9 Å². The average molecular weight is 737 g/mol. The number of aliphatic hydroxyl groups is 2. The molecule has 52 heavy (non-hydrogen) atoms. The van der Waals surface area contributed by atoms with Gasteiger partial charge in [-0.1, -0.05) is 188 Å². The first-order valence-corrected chi connectivity index (χ1v) is 23.7. The first-order valence-electron chi connectivity index (χ1n) is 23.7. The third-order valence-corrected chi connectivity index (χ3v) is 11.8. The van der Waals surface area contributed by atoms with E-state index in [1.165, 1.54) is 173 Å². The van der Waals surface area contributed by atoms with Crippen LogP contribution in [0.5, 0.6) is 0 Å². The second-order valence-electron chi connectivity index (χ2n) is 17.1. The molecule has 0 saturated carbocycles. The predicted octanol–water partition coefficient (Wildman–Crippen LogP) is 10.9. The van der Waals surface area contributed by atoms with Gasteiger partial charge in [0.25, 0.3) is 0 Å². The highest BCUT2D eigenvalue weighted by molar-refractivity contribution is 4.75. The molecule has 1 aliphatic rings. The van der Waals surface area contributed by atoms with Crippen molar-refractivity contribution in [2.24, 2.45) is 0 Å². The van der Waals surface area contributed by atoms with E-state index in [1.54, 1.807) is 0 Å². The van der Waals surface area contributed by atoms with E-state index in [0.29, 0.717) is 0 Å². The van der Waals surface area contributed by atoms with E-state index in [0.717, 1.165) is 84.8 Å². The van der Waals surface area contributed by atoms with Crippen molar-refractivity contribution >= 4 is 0 Å². The van der Waals surface area contributed by atoms with E-state index in [4.69, 9.17) is 0 Å². The van der Waals surface area contributed by atoms with Crippen LogP contribution in [0.1, 0.15) is 207 Å². The van der Waals surface area contributed by atoms with Gasteiger partial charge in [-0.3, -0.25) is 14.7 Å². The summed E-state index contributed by atoms with van der Waals surface area (Å²) in [7, 11) is 2.18. The molecule has 6 nitrogen and oxygen atoms in total. The van der Waals surface area contributed by atoms with Gasteiger partial charge in [0.05, 0.1) is 12.2 Å². The fraction of sp³-hybridized carbons (Fsp3) is 1.00. The highest BCUT2D eigenvalue weighted by Crippen LogP contribution is 2.15. The zero-order chi connectivity index (χ0) is 37.7. The van der Waals surface area contributed by atoms with E-state index in [1.807, 2.05) is 0 Å². The second-order valence-corrected chi connectivity index (χ2v) is 17.1. The molecule has 0 bridgehead atoms. The van der Waals surface area contributed by atoms with Crippen LogP contribution < -0.4 is 0 Å². The molecule has 312 valence electrons. The molecule has 0 radical (unpaired) electrons. The Balaban J connectivity index is 2.29.